The normalized spacial score (nSPS) is 12.7. The van der Waals surface area contributed by atoms with Crippen molar-refractivity contribution in [3.8, 4) is 5.75 Å². The number of ether oxygens (including phenoxy) is 1. The number of hydrogen-bond acceptors (Lipinski definition) is 2. The molecule has 1 rings (SSSR count). The number of anilines is 1. The summed E-state index contributed by atoms with van der Waals surface area (Å²) < 4.78 is 39.8. The first-order chi connectivity index (χ1) is 9.30. The van der Waals surface area contributed by atoms with Crippen LogP contribution < -0.4 is 15.4 Å². The molecule has 0 aliphatic heterocycles. The second-order valence-corrected chi connectivity index (χ2v) is 4.77. The molecule has 0 spiro atoms. The minimum atomic E-state index is -4.68. The van der Waals surface area contributed by atoms with Gasteiger partial charge in [-0.1, -0.05) is 13.3 Å². The summed E-state index contributed by atoms with van der Waals surface area (Å²) in [5, 5.41) is 6.44. The Balaban J connectivity index is 2.51. The van der Waals surface area contributed by atoms with Crippen molar-refractivity contribution in [1.82, 2.24) is 5.32 Å². The van der Waals surface area contributed by atoms with E-state index in [2.05, 4.69) is 22.3 Å². The Morgan fingerprint density at radius 1 is 1.30 bits per heavy atom. The summed E-state index contributed by atoms with van der Waals surface area (Å²) in [5.74, 6) is -0.263. The van der Waals surface area contributed by atoms with Gasteiger partial charge in [-0.2, -0.15) is 0 Å². The van der Waals surface area contributed by atoms with Gasteiger partial charge >= 0.3 is 6.36 Å². The van der Waals surface area contributed by atoms with Crippen molar-refractivity contribution in [3.05, 3.63) is 24.3 Å². The number of thiocarbonyl (C=S) groups is 1. The van der Waals surface area contributed by atoms with Gasteiger partial charge in [0.05, 0.1) is 0 Å². The van der Waals surface area contributed by atoms with Gasteiger partial charge in [0.2, 0.25) is 0 Å². The van der Waals surface area contributed by atoms with Crippen molar-refractivity contribution in [2.45, 2.75) is 39.1 Å². The first-order valence-corrected chi connectivity index (χ1v) is 6.64. The molecule has 1 atom stereocenters. The lowest BCUT2D eigenvalue weighted by molar-refractivity contribution is -0.274. The first kappa shape index (κ1) is 16.6. The minimum absolute atomic E-state index is 0.243. The van der Waals surface area contributed by atoms with Crippen LogP contribution in [0.5, 0.6) is 5.75 Å². The Hall–Kier alpha value is -1.50. The van der Waals surface area contributed by atoms with Crippen molar-refractivity contribution in [2.24, 2.45) is 0 Å². The largest absolute Gasteiger partial charge is 0.573 e. The third-order valence-corrected chi connectivity index (χ3v) is 2.66. The third kappa shape index (κ3) is 6.60. The van der Waals surface area contributed by atoms with Gasteiger partial charge < -0.3 is 15.4 Å². The summed E-state index contributed by atoms with van der Waals surface area (Å²) in [6.45, 7) is 4.09. The van der Waals surface area contributed by atoms with Crippen molar-refractivity contribution in [1.29, 1.82) is 0 Å². The van der Waals surface area contributed by atoms with E-state index in [1.807, 2.05) is 6.92 Å². The quantitative estimate of drug-likeness (QED) is 0.804. The number of halogens is 3. The molecule has 112 valence electrons. The van der Waals surface area contributed by atoms with E-state index in [4.69, 9.17) is 12.2 Å². The minimum Gasteiger partial charge on any atom is -0.406 e. The van der Waals surface area contributed by atoms with E-state index in [9.17, 15) is 13.2 Å². The maximum Gasteiger partial charge on any atom is 0.573 e. The first-order valence-electron chi connectivity index (χ1n) is 6.23. The molecule has 0 saturated carbocycles. The Morgan fingerprint density at radius 3 is 2.40 bits per heavy atom. The highest BCUT2D eigenvalue weighted by molar-refractivity contribution is 7.80. The molecule has 0 amide bonds. The lowest BCUT2D eigenvalue weighted by atomic mass is 10.2. The van der Waals surface area contributed by atoms with Crippen LogP contribution in [-0.2, 0) is 0 Å². The number of benzene rings is 1. The molecular weight excluding hydrogens is 289 g/mol. The van der Waals surface area contributed by atoms with Crippen LogP contribution in [0.3, 0.4) is 0 Å². The standard InChI is InChI=1S/C13H17F3N2OS/c1-3-4-9(2)17-12(20)18-10-5-7-11(8-6-10)19-13(14,15)16/h5-9H,3-4H2,1-2H3,(H2,17,18,20)/t9-/m0/s1. The average Bonchev–Trinajstić information content (AvgIpc) is 2.30. The summed E-state index contributed by atoms with van der Waals surface area (Å²) in [6, 6.07) is 5.65. The molecule has 0 aromatic heterocycles. The van der Waals surface area contributed by atoms with Crippen molar-refractivity contribution >= 4 is 23.0 Å². The van der Waals surface area contributed by atoms with Gasteiger partial charge in [0, 0.05) is 11.7 Å². The van der Waals surface area contributed by atoms with E-state index in [1.165, 1.54) is 24.3 Å². The fourth-order valence-electron chi connectivity index (χ4n) is 1.64. The second kappa shape index (κ2) is 7.33. The summed E-state index contributed by atoms with van der Waals surface area (Å²) >= 11 is 5.11. The molecule has 0 heterocycles. The van der Waals surface area contributed by atoms with Crippen LogP contribution in [0.4, 0.5) is 18.9 Å². The van der Waals surface area contributed by atoms with E-state index in [-0.39, 0.29) is 11.8 Å². The lowest BCUT2D eigenvalue weighted by Crippen LogP contribution is -2.35. The zero-order valence-electron chi connectivity index (χ0n) is 11.3. The molecule has 3 nitrogen and oxygen atoms in total. The number of hydrogen-bond donors (Lipinski definition) is 2. The Kier molecular flexibility index (Phi) is 6.06. The summed E-state index contributed by atoms with van der Waals surface area (Å²) in [5.41, 5.74) is 0.598. The van der Waals surface area contributed by atoms with E-state index in [0.717, 1.165) is 12.8 Å². The third-order valence-electron chi connectivity index (χ3n) is 2.44. The summed E-state index contributed by atoms with van der Waals surface area (Å²) in [4.78, 5) is 0. The van der Waals surface area contributed by atoms with Gasteiger partial charge in [-0.3, -0.25) is 0 Å². The SMILES string of the molecule is CCC[C@H](C)NC(=S)Nc1ccc(OC(F)(F)F)cc1. The van der Waals surface area contributed by atoms with Crippen LogP contribution in [0.1, 0.15) is 26.7 Å². The van der Waals surface area contributed by atoms with E-state index in [0.29, 0.717) is 10.8 Å². The average molecular weight is 306 g/mol. The number of rotatable bonds is 5. The molecule has 0 aliphatic rings. The van der Waals surface area contributed by atoms with Crippen LogP contribution in [-0.4, -0.2) is 17.5 Å². The maximum atomic E-state index is 12.0. The van der Waals surface area contributed by atoms with Crippen LogP contribution in [0.2, 0.25) is 0 Å². The Labute approximate surface area is 121 Å². The van der Waals surface area contributed by atoms with Gasteiger partial charge in [-0.15, -0.1) is 13.2 Å². The van der Waals surface area contributed by atoms with E-state index >= 15 is 0 Å². The summed E-state index contributed by atoms with van der Waals surface area (Å²) in [6.07, 6.45) is -2.65. The number of nitrogens with one attached hydrogen (secondary N) is 2. The van der Waals surface area contributed by atoms with Crippen LogP contribution >= 0.6 is 12.2 Å². The molecule has 1 aromatic carbocycles. The Morgan fingerprint density at radius 2 is 1.90 bits per heavy atom. The summed E-state index contributed by atoms with van der Waals surface area (Å²) in [7, 11) is 0. The predicted octanol–water partition coefficient (Wildman–Crippen LogP) is 4.06. The molecule has 0 radical (unpaired) electrons. The van der Waals surface area contributed by atoms with Gasteiger partial charge in [0.25, 0.3) is 0 Å². The molecule has 2 N–H and O–H groups in total. The zero-order chi connectivity index (χ0) is 15.2. The topological polar surface area (TPSA) is 33.3 Å². The van der Waals surface area contributed by atoms with Crippen LogP contribution in [0.15, 0.2) is 24.3 Å². The van der Waals surface area contributed by atoms with Gasteiger partial charge in [-0.05, 0) is 49.8 Å². The van der Waals surface area contributed by atoms with Crippen LogP contribution in [0.25, 0.3) is 0 Å². The molecule has 1 aromatic rings. The molecule has 0 bridgehead atoms. The van der Waals surface area contributed by atoms with Crippen LogP contribution in [0, 0.1) is 0 Å². The highest BCUT2D eigenvalue weighted by Crippen LogP contribution is 2.23. The fraction of sp³-hybridized carbons (Fsp3) is 0.462. The smallest absolute Gasteiger partial charge is 0.406 e. The molecule has 0 fully saturated rings. The van der Waals surface area contributed by atoms with Gasteiger partial charge in [0.1, 0.15) is 5.75 Å². The van der Waals surface area contributed by atoms with Gasteiger partial charge in [-0.25, -0.2) is 0 Å². The molecule has 0 aliphatic carbocycles. The van der Waals surface area contributed by atoms with Crippen molar-refractivity contribution in [3.63, 3.8) is 0 Å². The van der Waals surface area contributed by atoms with Crippen molar-refractivity contribution < 1.29 is 17.9 Å². The predicted molar refractivity (Wildman–Crippen MR) is 76.9 cm³/mol. The molecular formula is C13H17F3N2OS. The monoisotopic (exact) mass is 306 g/mol. The lowest BCUT2D eigenvalue weighted by Gasteiger charge is -2.16. The van der Waals surface area contributed by atoms with Gasteiger partial charge in [0.15, 0.2) is 5.11 Å². The second-order valence-electron chi connectivity index (χ2n) is 4.36. The highest BCUT2D eigenvalue weighted by Gasteiger charge is 2.30. The number of alkyl halides is 3. The zero-order valence-corrected chi connectivity index (χ0v) is 12.1. The van der Waals surface area contributed by atoms with Crippen molar-refractivity contribution in [2.75, 3.05) is 5.32 Å². The van der Waals surface area contributed by atoms with E-state index < -0.39 is 6.36 Å². The molecule has 0 unspecified atom stereocenters. The maximum absolute atomic E-state index is 12.0. The molecule has 0 saturated heterocycles. The van der Waals surface area contributed by atoms with E-state index in [1.54, 1.807) is 0 Å². The molecule has 20 heavy (non-hydrogen) atoms. The fourth-order valence-corrected chi connectivity index (χ4v) is 1.96. The highest BCUT2D eigenvalue weighted by atomic mass is 32.1. The molecule has 7 heteroatoms. The Bertz CT molecular complexity index is 434.